The maximum Gasteiger partial charge on any atom is 0.303 e. The molecule has 0 unspecified atom stereocenters. The molecule has 1 fully saturated rings. The fourth-order valence-electron chi connectivity index (χ4n) is 2.67. The maximum atomic E-state index is 12.4. The molecular formula is C17H19N3O3. The number of carbonyl (C=O) groups is 2. The van der Waals surface area contributed by atoms with Gasteiger partial charge in [-0.2, -0.15) is 5.10 Å². The Morgan fingerprint density at radius 3 is 2.61 bits per heavy atom. The van der Waals surface area contributed by atoms with E-state index in [0.717, 1.165) is 24.1 Å². The summed E-state index contributed by atoms with van der Waals surface area (Å²) >= 11 is 0. The summed E-state index contributed by atoms with van der Waals surface area (Å²) in [6.45, 7) is 0. The monoisotopic (exact) mass is 313 g/mol. The molecule has 0 radical (unpaired) electrons. The molecule has 1 saturated carbocycles. The summed E-state index contributed by atoms with van der Waals surface area (Å²) in [5, 5.41) is 15.8. The predicted octanol–water partition coefficient (Wildman–Crippen LogP) is 2.57. The minimum absolute atomic E-state index is 0.103. The van der Waals surface area contributed by atoms with E-state index in [1.165, 1.54) is 0 Å². The van der Waals surface area contributed by atoms with Crippen LogP contribution in [-0.4, -0.2) is 26.8 Å². The van der Waals surface area contributed by atoms with Crippen LogP contribution in [0.1, 0.15) is 46.8 Å². The number of carbonyl (C=O) groups excluding carboxylic acids is 1. The third kappa shape index (κ3) is 3.59. The lowest BCUT2D eigenvalue weighted by Crippen LogP contribution is -2.14. The highest BCUT2D eigenvalue weighted by atomic mass is 16.4. The highest BCUT2D eigenvalue weighted by molar-refractivity contribution is 6.05. The number of hydrogen-bond acceptors (Lipinski definition) is 3. The molecule has 1 aliphatic carbocycles. The van der Waals surface area contributed by atoms with Gasteiger partial charge in [0.1, 0.15) is 0 Å². The molecule has 1 aromatic heterocycles. The fourth-order valence-corrected chi connectivity index (χ4v) is 2.67. The highest BCUT2D eigenvalue weighted by Gasteiger charge is 2.31. The SMILES string of the molecule is Cn1ncc(C(=O)Nc2ccc(CCC(=O)O)cc2)c1C1CC1. The molecule has 2 N–H and O–H groups in total. The molecular weight excluding hydrogens is 294 g/mol. The molecule has 6 nitrogen and oxygen atoms in total. The Kier molecular flexibility index (Phi) is 4.14. The first kappa shape index (κ1) is 15.3. The van der Waals surface area contributed by atoms with Gasteiger partial charge < -0.3 is 10.4 Å². The molecule has 3 rings (SSSR count). The van der Waals surface area contributed by atoms with Gasteiger partial charge in [-0.1, -0.05) is 12.1 Å². The Labute approximate surface area is 134 Å². The molecule has 0 saturated heterocycles. The van der Waals surface area contributed by atoms with Crippen molar-refractivity contribution in [2.75, 3.05) is 5.32 Å². The van der Waals surface area contributed by atoms with Crippen molar-refractivity contribution in [3.8, 4) is 0 Å². The zero-order valence-corrected chi connectivity index (χ0v) is 13.0. The Balaban J connectivity index is 1.67. The second-order valence-electron chi connectivity index (χ2n) is 5.89. The van der Waals surface area contributed by atoms with Gasteiger partial charge in [-0.15, -0.1) is 0 Å². The molecule has 0 bridgehead atoms. The van der Waals surface area contributed by atoms with Gasteiger partial charge in [0.2, 0.25) is 0 Å². The Bertz CT molecular complexity index is 730. The van der Waals surface area contributed by atoms with Crippen LogP contribution in [0.2, 0.25) is 0 Å². The van der Waals surface area contributed by atoms with Gasteiger partial charge in [0.15, 0.2) is 0 Å². The highest BCUT2D eigenvalue weighted by Crippen LogP contribution is 2.41. The molecule has 120 valence electrons. The van der Waals surface area contributed by atoms with Gasteiger partial charge in [-0.25, -0.2) is 0 Å². The second kappa shape index (κ2) is 6.24. The first-order valence-electron chi connectivity index (χ1n) is 7.68. The van der Waals surface area contributed by atoms with Gasteiger partial charge in [0, 0.05) is 25.1 Å². The molecule has 1 aromatic carbocycles. The number of rotatable bonds is 6. The zero-order valence-electron chi connectivity index (χ0n) is 13.0. The zero-order chi connectivity index (χ0) is 16.4. The molecule has 6 heteroatoms. The number of aryl methyl sites for hydroxylation is 2. The first-order valence-corrected chi connectivity index (χ1v) is 7.68. The number of anilines is 1. The molecule has 0 spiro atoms. The largest absolute Gasteiger partial charge is 0.481 e. The Morgan fingerprint density at radius 2 is 2.00 bits per heavy atom. The van der Waals surface area contributed by atoms with Crippen molar-refractivity contribution >= 4 is 17.6 Å². The van der Waals surface area contributed by atoms with E-state index in [-0.39, 0.29) is 12.3 Å². The Hall–Kier alpha value is -2.63. The van der Waals surface area contributed by atoms with E-state index in [2.05, 4.69) is 10.4 Å². The van der Waals surface area contributed by atoms with E-state index in [9.17, 15) is 9.59 Å². The van der Waals surface area contributed by atoms with Crippen LogP contribution >= 0.6 is 0 Å². The number of carboxylic acids is 1. The minimum Gasteiger partial charge on any atom is -0.481 e. The Morgan fingerprint density at radius 1 is 1.30 bits per heavy atom. The van der Waals surface area contributed by atoms with Crippen LogP contribution < -0.4 is 5.32 Å². The summed E-state index contributed by atoms with van der Waals surface area (Å²) in [6, 6.07) is 7.26. The number of aromatic nitrogens is 2. The van der Waals surface area contributed by atoms with Crippen molar-refractivity contribution in [1.29, 1.82) is 0 Å². The van der Waals surface area contributed by atoms with Crippen LogP contribution in [0.5, 0.6) is 0 Å². The van der Waals surface area contributed by atoms with Crippen LogP contribution in [0.25, 0.3) is 0 Å². The number of aliphatic carboxylic acids is 1. The summed E-state index contributed by atoms with van der Waals surface area (Å²) < 4.78 is 1.78. The van der Waals surface area contributed by atoms with Crippen molar-refractivity contribution in [3.63, 3.8) is 0 Å². The standard InChI is InChI=1S/C17H19N3O3/c1-20-16(12-5-6-12)14(10-18-20)17(23)19-13-7-2-11(3-8-13)4-9-15(21)22/h2-3,7-8,10,12H,4-6,9H2,1H3,(H,19,23)(H,21,22). The minimum atomic E-state index is -0.813. The molecule has 1 aliphatic rings. The number of hydrogen-bond donors (Lipinski definition) is 2. The van der Waals surface area contributed by atoms with E-state index < -0.39 is 5.97 Å². The molecule has 1 amide bonds. The van der Waals surface area contributed by atoms with Crippen molar-refractivity contribution in [2.24, 2.45) is 7.05 Å². The van der Waals surface area contributed by atoms with Gasteiger partial charge in [-0.3, -0.25) is 14.3 Å². The lowest BCUT2D eigenvalue weighted by Gasteiger charge is -2.07. The van der Waals surface area contributed by atoms with Gasteiger partial charge >= 0.3 is 5.97 Å². The summed E-state index contributed by atoms with van der Waals surface area (Å²) in [5.74, 6) is -0.522. The van der Waals surface area contributed by atoms with Crippen molar-refractivity contribution in [1.82, 2.24) is 9.78 Å². The second-order valence-corrected chi connectivity index (χ2v) is 5.89. The van der Waals surface area contributed by atoms with E-state index in [0.29, 0.717) is 23.6 Å². The number of nitrogens with zero attached hydrogens (tertiary/aromatic N) is 2. The summed E-state index contributed by atoms with van der Waals surface area (Å²) in [4.78, 5) is 23.0. The first-order chi connectivity index (χ1) is 11.0. The molecule has 23 heavy (non-hydrogen) atoms. The molecule has 0 atom stereocenters. The van der Waals surface area contributed by atoms with Crippen molar-refractivity contribution in [3.05, 3.63) is 47.3 Å². The fraction of sp³-hybridized carbons (Fsp3) is 0.353. The topological polar surface area (TPSA) is 84.2 Å². The van der Waals surface area contributed by atoms with Crippen LogP contribution in [-0.2, 0) is 18.3 Å². The van der Waals surface area contributed by atoms with E-state index in [1.807, 2.05) is 19.2 Å². The van der Waals surface area contributed by atoms with Crippen LogP contribution in [0.3, 0.4) is 0 Å². The molecule has 2 aromatic rings. The third-order valence-corrected chi connectivity index (χ3v) is 4.03. The summed E-state index contributed by atoms with van der Waals surface area (Å²) in [7, 11) is 1.86. The average molecular weight is 313 g/mol. The van der Waals surface area contributed by atoms with Crippen molar-refractivity contribution < 1.29 is 14.7 Å². The number of amides is 1. The van der Waals surface area contributed by atoms with Gasteiger partial charge in [-0.05, 0) is 37.0 Å². The average Bonchev–Trinajstić information content (AvgIpc) is 3.28. The molecule has 0 aliphatic heterocycles. The number of benzene rings is 1. The predicted molar refractivity (Wildman–Crippen MR) is 85.5 cm³/mol. The smallest absolute Gasteiger partial charge is 0.303 e. The van der Waals surface area contributed by atoms with Crippen LogP contribution in [0, 0.1) is 0 Å². The third-order valence-electron chi connectivity index (χ3n) is 4.03. The van der Waals surface area contributed by atoms with Gasteiger partial charge in [0.05, 0.1) is 17.5 Å². The van der Waals surface area contributed by atoms with Crippen LogP contribution in [0.15, 0.2) is 30.5 Å². The van der Waals surface area contributed by atoms with E-state index in [1.54, 1.807) is 23.0 Å². The van der Waals surface area contributed by atoms with Crippen LogP contribution in [0.4, 0.5) is 5.69 Å². The summed E-state index contributed by atoms with van der Waals surface area (Å²) in [5.41, 5.74) is 3.26. The maximum absolute atomic E-state index is 12.4. The summed E-state index contributed by atoms with van der Waals surface area (Å²) in [6.07, 6.45) is 4.42. The number of carboxylic acid groups (broad SMARTS) is 1. The van der Waals surface area contributed by atoms with Crippen molar-refractivity contribution in [2.45, 2.75) is 31.6 Å². The lowest BCUT2D eigenvalue weighted by atomic mass is 10.1. The molecule has 1 heterocycles. The normalized spacial score (nSPS) is 13.8. The van der Waals surface area contributed by atoms with Gasteiger partial charge in [0.25, 0.3) is 5.91 Å². The number of nitrogens with one attached hydrogen (secondary N) is 1. The van der Waals surface area contributed by atoms with E-state index in [4.69, 9.17) is 5.11 Å². The van der Waals surface area contributed by atoms with E-state index >= 15 is 0 Å². The quantitative estimate of drug-likeness (QED) is 0.858. The lowest BCUT2D eigenvalue weighted by molar-refractivity contribution is -0.136.